The van der Waals surface area contributed by atoms with Crippen molar-refractivity contribution in [1.29, 1.82) is 0 Å². The third-order valence-corrected chi connectivity index (χ3v) is 2.77. The molecule has 1 amide bonds. The summed E-state index contributed by atoms with van der Waals surface area (Å²) in [6.07, 6.45) is 0. The number of amides is 1. The van der Waals surface area contributed by atoms with E-state index in [1.165, 1.54) is 6.92 Å². The lowest BCUT2D eigenvalue weighted by Gasteiger charge is -2.10. The van der Waals surface area contributed by atoms with Gasteiger partial charge in [0.25, 0.3) is 0 Å². The molecule has 0 aliphatic heterocycles. The highest BCUT2D eigenvalue weighted by Crippen LogP contribution is 2.26. The molecule has 0 aromatic carbocycles. The van der Waals surface area contributed by atoms with Crippen LogP contribution in [-0.4, -0.2) is 17.0 Å². The number of hydrogen-bond donors (Lipinski definition) is 2. The molecule has 1 aromatic heterocycles. The predicted octanol–water partition coefficient (Wildman–Crippen LogP) is 1.66. The maximum absolute atomic E-state index is 10.8. The second-order valence-electron chi connectivity index (χ2n) is 2.61. The number of thiophene rings is 1. The van der Waals surface area contributed by atoms with Gasteiger partial charge in [-0.3, -0.25) is 4.79 Å². The molecule has 0 fully saturated rings. The highest BCUT2D eigenvalue weighted by Gasteiger charge is 2.22. The first-order chi connectivity index (χ1) is 6.50. The number of hydrogen-bond acceptors (Lipinski definition) is 3. The summed E-state index contributed by atoms with van der Waals surface area (Å²) in [5.41, 5.74) is 0. The van der Waals surface area contributed by atoms with Crippen LogP contribution in [0.4, 0.5) is 0 Å². The first-order valence-electron chi connectivity index (χ1n) is 3.76. The molecule has 2 N–H and O–H groups in total. The lowest BCUT2D eigenvalue weighted by molar-refractivity contribution is -0.141. The minimum Gasteiger partial charge on any atom is -0.479 e. The fourth-order valence-corrected chi connectivity index (χ4v) is 2.05. The number of halogens is 1. The Hall–Kier alpha value is -1.07. The third kappa shape index (κ3) is 2.71. The molecule has 1 aromatic rings. The van der Waals surface area contributed by atoms with E-state index < -0.39 is 12.0 Å². The minimum atomic E-state index is -1.10. The van der Waals surface area contributed by atoms with E-state index in [9.17, 15) is 9.59 Å². The average molecular weight is 234 g/mol. The van der Waals surface area contributed by atoms with Crippen LogP contribution in [0.5, 0.6) is 0 Å². The number of rotatable bonds is 3. The molecule has 0 radical (unpaired) electrons. The first kappa shape index (κ1) is 11.0. The highest BCUT2D eigenvalue weighted by atomic mass is 35.5. The molecule has 1 rings (SSSR count). The van der Waals surface area contributed by atoms with Gasteiger partial charge in [-0.25, -0.2) is 4.79 Å². The molecule has 0 aliphatic carbocycles. The standard InChI is InChI=1S/C8H8ClNO3S/c1-4(11)10-7(8(12)13)5-2-3-6(9)14-5/h2-3,7H,1H3,(H,10,11)(H,12,13). The highest BCUT2D eigenvalue weighted by molar-refractivity contribution is 7.16. The van der Waals surface area contributed by atoms with E-state index in [4.69, 9.17) is 16.7 Å². The van der Waals surface area contributed by atoms with Crippen LogP contribution < -0.4 is 5.32 Å². The molecule has 0 saturated heterocycles. The Kier molecular flexibility index (Phi) is 3.49. The van der Waals surface area contributed by atoms with Crippen molar-refractivity contribution in [2.75, 3.05) is 0 Å². The number of carboxylic acid groups (broad SMARTS) is 1. The summed E-state index contributed by atoms with van der Waals surface area (Å²) in [4.78, 5) is 22.0. The zero-order chi connectivity index (χ0) is 10.7. The molecule has 1 heterocycles. The molecule has 0 bridgehead atoms. The van der Waals surface area contributed by atoms with E-state index in [2.05, 4.69) is 5.32 Å². The monoisotopic (exact) mass is 233 g/mol. The number of aliphatic carboxylic acids is 1. The van der Waals surface area contributed by atoms with Crippen LogP contribution in [0, 0.1) is 0 Å². The zero-order valence-corrected chi connectivity index (χ0v) is 8.85. The SMILES string of the molecule is CC(=O)NC(C(=O)O)c1ccc(Cl)s1. The fraction of sp³-hybridized carbons (Fsp3) is 0.250. The van der Waals surface area contributed by atoms with E-state index in [0.717, 1.165) is 11.3 Å². The fourth-order valence-electron chi connectivity index (χ4n) is 0.941. The number of carbonyl (C=O) groups is 2. The molecule has 6 heteroatoms. The van der Waals surface area contributed by atoms with Crippen LogP contribution in [0.3, 0.4) is 0 Å². The van der Waals surface area contributed by atoms with Crippen molar-refractivity contribution in [3.05, 3.63) is 21.3 Å². The molecule has 1 unspecified atom stereocenters. The summed E-state index contributed by atoms with van der Waals surface area (Å²) in [7, 11) is 0. The largest absolute Gasteiger partial charge is 0.479 e. The Morgan fingerprint density at radius 2 is 2.21 bits per heavy atom. The van der Waals surface area contributed by atoms with Gasteiger partial charge in [0, 0.05) is 11.8 Å². The molecule has 0 saturated carbocycles. The van der Waals surface area contributed by atoms with Gasteiger partial charge in [-0.15, -0.1) is 11.3 Å². The quantitative estimate of drug-likeness (QED) is 0.835. The van der Waals surface area contributed by atoms with Gasteiger partial charge < -0.3 is 10.4 Å². The topological polar surface area (TPSA) is 66.4 Å². The van der Waals surface area contributed by atoms with Gasteiger partial charge in [0.1, 0.15) is 0 Å². The minimum absolute atomic E-state index is 0.387. The second-order valence-corrected chi connectivity index (χ2v) is 4.36. The summed E-state index contributed by atoms with van der Waals surface area (Å²) in [6.45, 7) is 1.27. The Bertz CT molecular complexity index is 363. The molecule has 76 valence electrons. The van der Waals surface area contributed by atoms with Crippen LogP contribution in [0.2, 0.25) is 4.34 Å². The van der Waals surface area contributed by atoms with Crippen LogP contribution in [-0.2, 0) is 9.59 Å². The number of nitrogens with one attached hydrogen (secondary N) is 1. The van der Waals surface area contributed by atoms with Crippen molar-refractivity contribution >= 4 is 34.8 Å². The molecule has 0 spiro atoms. The van der Waals surface area contributed by atoms with Crippen molar-refractivity contribution in [2.45, 2.75) is 13.0 Å². The third-order valence-electron chi connectivity index (χ3n) is 1.47. The van der Waals surface area contributed by atoms with Crippen LogP contribution in [0.25, 0.3) is 0 Å². The predicted molar refractivity (Wildman–Crippen MR) is 53.5 cm³/mol. The number of carboxylic acids is 1. The average Bonchev–Trinajstić information content (AvgIpc) is 2.46. The van der Waals surface area contributed by atoms with Crippen LogP contribution >= 0.6 is 22.9 Å². The van der Waals surface area contributed by atoms with Gasteiger partial charge in [-0.2, -0.15) is 0 Å². The van der Waals surface area contributed by atoms with Crippen molar-refractivity contribution in [3.63, 3.8) is 0 Å². The molecule has 1 atom stereocenters. The Morgan fingerprint density at radius 1 is 1.57 bits per heavy atom. The summed E-state index contributed by atoms with van der Waals surface area (Å²) < 4.78 is 0.497. The summed E-state index contributed by atoms with van der Waals surface area (Å²) in [6, 6.07) is 2.17. The molecule has 4 nitrogen and oxygen atoms in total. The van der Waals surface area contributed by atoms with E-state index in [0.29, 0.717) is 9.21 Å². The van der Waals surface area contributed by atoms with Crippen molar-refractivity contribution in [3.8, 4) is 0 Å². The Balaban J connectivity index is 2.88. The molecular weight excluding hydrogens is 226 g/mol. The second kappa shape index (κ2) is 4.43. The van der Waals surface area contributed by atoms with Gasteiger partial charge in [0.15, 0.2) is 6.04 Å². The van der Waals surface area contributed by atoms with Gasteiger partial charge in [-0.1, -0.05) is 11.6 Å². The Labute approximate surface area is 89.5 Å². The van der Waals surface area contributed by atoms with Gasteiger partial charge in [-0.05, 0) is 12.1 Å². The maximum Gasteiger partial charge on any atom is 0.331 e. The summed E-state index contributed by atoms with van der Waals surface area (Å²) in [5, 5.41) is 11.2. The van der Waals surface area contributed by atoms with Gasteiger partial charge in [0.2, 0.25) is 5.91 Å². The smallest absolute Gasteiger partial charge is 0.331 e. The van der Waals surface area contributed by atoms with Gasteiger partial charge >= 0.3 is 5.97 Å². The van der Waals surface area contributed by atoms with Crippen LogP contribution in [0.15, 0.2) is 12.1 Å². The number of carbonyl (C=O) groups excluding carboxylic acids is 1. The lowest BCUT2D eigenvalue weighted by Crippen LogP contribution is -2.31. The lowest BCUT2D eigenvalue weighted by atomic mass is 10.2. The van der Waals surface area contributed by atoms with Crippen LogP contribution in [0.1, 0.15) is 17.8 Å². The zero-order valence-electron chi connectivity index (χ0n) is 7.28. The van der Waals surface area contributed by atoms with Crippen molar-refractivity contribution < 1.29 is 14.7 Å². The van der Waals surface area contributed by atoms with E-state index >= 15 is 0 Å². The summed E-state index contributed by atoms with van der Waals surface area (Å²) >= 11 is 6.79. The molecular formula is C8H8ClNO3S. The van der Waals surface area contributed by atoms with Crippen molar-refractivity contribution in [2.24, 2.45) is 0 Å². The van der Waals surface area contributed by atoms with E-state index in [-0.39, 0.29) is 5.91 Å². The van der Waals surface area contributed by atoms with E-state index in [1.807, 2.05) is 0 Å². The normalized spacial score (nSPS) is 12.1. The molecule has 14 heavy (non-hydrogen) atoms. The summed E-state index contributed by atoms with van der Waals surface area (Å²) in [5.74, 6) is -1.49. The van der Waals surface area contributed by atoms with Crippen molar-refractivity contribution in [1.82, 2.24) is 5.32 Å². The maximum atomic E-state index is 10.8. The first-order valence-corrected chi connectivity index (χ1v) is 4.95. The molecule has 0 aliphatic rings. The van der Waals surface area contributed by atoms with Gasteiger partial charge in [0.05, 0.1) is 4.34 Å². The Morgan fingerprint density at radius 3 is 2.57 bits per heavy atom. The van der Waals surface area contributed by atoms with E-state index in [1.54, 1.807) is 12.1 Å².